The Hall–Kier alpha value is -4.47. The van der Waals surface area contributed by atoms with E-state index >= 15 is 0 Å². The summed E-state index contributed by atoms with van der Waals surface area (Å²) in [6.07, 6.45) is 3.55. The number of hydrogen-bond donors (Lipinski definition) is 2. The van der Waals surface area contributed by atoms with E-state index in [9.17, 15) is 19.5 Å². The van der Waals surface area contributed by atoms with Gasteiger partial charge in [0.1, 0.15) is 19.0 Å². The van der Waals surface area contributed by atoms with Gasteiger partial charge in [-0.3, -0.25) is 4.79 Å². The zero-order valence-electron chi connectivity index (χ0n) is 18.7. The summed E-state index contributed by atoms with van der Waals surface area (Å²) in [5.74, 6) is -1.12. The molecule has 2 N–H and O–H groups in total. The first-order valence-electron chi connectivity index (χ1n) is 11.2. The lowest BCUT2D eigenvalue weighted by Crippen LogP contribution is -2.50. The van der Waals surface area contributed by atoms with Crippen LogP contribution in [0.3, 0.4) is 0 Å². The molecule has 35 heavy (non-hydrogen) atoms. The minimum Gasteiger partial charge on any atom is -0.480 e. The standard InChI is InChI=1S/C25H23N5O5/c31-23(30-13-22-28-27-15-29(22)12-21(30)24(32)33)10-5-11-26-25(34)35-14-20-18-8-3-1-6-16(18)17-7-2-4-9-19(17)20/h1-10,15,20-21H,11-14H2,(H,26,34)(H,32,33)/b10-5+. The maximum absolute atomic E-state index is 12.6. The number of aliphatic carboxylic acids is 1. The Balaban J connectivity index is 1.14. The third-order valence-corrected chi connectivity index (χ3v) is 6.29. The molecule has 0 fully saturated rings. The number of benzene rings is 2. The van der Waals surface area contributed by atoms with Crippen LogP contribution in [0, 0.1) is 0 Å². The molecule has 10 nitrogen and oxygen atoms in total. The van der Waals surface area contributed by atoms with Crippen LogP contribution in [-0.4, -0.2) is 61.9 Å². The Morgan fingerprint density at radius 1 is 1.09 bits per heavy atom. The molecule has 1 atom stereocenters. The molecule has 1 aliphatic heterocycles. The highest BCUT2D eigenvalue weighted by Gasteiger charge is 2.34. The van der Waals surface area contributed by atoms with Crippen LogP contribution in [0.2, 0.25) is 0 Å². The lowest BCUT2D eigenvalue weighted by atomic mass is 9.98. The predicted molar refractivity (Wildman–Crippen MR) is 124 cm³/mol. The van der Waals surface area contributed by atoms with Crippen molar-refractivity contribution in [3.63, 3.8) is 0 Å². The molecule has 1 unspecified atom stereocenters. The molecule has 10 heteroatoms. The summed E-state index contributed by atoms with van der Waals surface area (Å²) in [5.41, 5.74) is 4.54. The van der Waals surface area contributed by atoms with Crippen molar-refractivity contribution < 1.29 is 24.2 Å². The highest BCUT2D eigenvalue weighted by molar-refractivity contribution is 5.91. The van der Waals surface area contributed by atoms with Crippen molar-refractivity contribution in [3.05, 3.63) is 84.0 Å². The van der Waals surface area contributed by atoms with Gasteiger partial charge >= 0.3 is 12.1 Å². The van der Waals surface area contributed by atoms with Crippen molar-refractivity contribution in [3.8, 4) is 11.1 Å². The van der Waals surface area contributed by atoms with Gasteiger partial charge in [0.25, 0.3) is 0 Å². The summed E-state index contributed by atoms with van der Waals surface area (Å²) < 4.78 is 7.08. The number of carbonyl (C=O) groups is 3. The Morgan fingerprint density at radius 3 is 2.46 bits per heavy atom. The zero-order chi connectivity index (χ0) is 24.4. The number of fused-ring (bicyclic) bond motifs is 4. The van der Waals surface area contributed by atoms with Gasteiger partial charge in [0.15, 0.2) is 5.82 Å². The molecule has 5 rings (SSSR count). The Morgan fingerprint density at radius 2 is 1.77 bits per heavy atom. The lowest BCUT2D eigenvalue weighted by molar-refractivity contribution is -0.150. The first-order valence-corrected chi connectivity index (χ1v) is 11.2. The van der Waals surface area contributed by atoms with Gasteiger partial charge in [-0.1, -0.05) is 54.6 Å². The van der Waals surface area contributed by atoms with Crippen molar-refractivity contribution in [2.45, 2.75) is 25.0 Å². The number of nitrogens with zero attached hydrogens (tertiary/aromatic N) is 4. The van der Waals surface area contributed by atoms with Crippen LogP contribution < -0.4 is 5.32 Å². The molecule has 2 heterocycles. The van der Waals surface area contributed by atoms with E-state index < -0.39 is 24.0 Å². The minimum atomic E-state index is -1.11. The van der Waals surface area contributed by atoms with Crippen molar-refractivity contribution >= 4 is 18.0 Å². The van der Waals surface area contributed by atoms with E-state index in [1.54, 1.807) is 4.57 Å². The number of nitrogens with one attached hydrogen (secondary N) is 1. The Kier molecular flexibility index (Phi) is 6.01. The number of aromatic nitrogens is 3. The number of rotatable bonds is 6. The van der Waals surface area contributed by atoms with Gasteiger partial charge in [0.2, 0.25) is 5.91 Å². The number of carboxylic acid groups (broad SMARTS) is 1. The van der Waals surface area contributed by atoms with Crippen molar-refractivity contribution in [1.29, 1.82) is 0 Å². The van der Waals surface area contributed by atoms with E-state index in [4.69, 9.17) is 4.74 Å². The number of carboxylic acids is 1. The van der Waals surface area contributed by atoms with Gasteiger partial charge in [-0.2, -0.15) is 0 Å². The van der Waals surface area contributed by atoms with Crippen molar-refractivity contribution in [2.24, 2.45) is 0 Å². The number of alkyl carbamates (subject to hydrolysis) is 1. The fourth-order valence-electron chi connectivity index (χ4n) is 4.59. The van der Waals surface area contributed by atoms with Crippen molar-refractivity contribution in [2.75, 3.05) is 13.2 Å². The number of ether oxygens (including phenoxy) is 1. The molecule has 1 aliphatic carbocycles. The van der Waals surface area contributed by atoms with Crippen LogP contribution in [0.5, 0.6) is 0 Å². The first kappa shape index (κ1) is 22.3. The summed E-state index contributed by atoms with van der Waals surface area (Å²) in [5, 5.41) is 19.8. The smallest absolute Gasteiger partial charge is 0.407 e. The highest BCUT2D eigenvalue weighted by atomic mass is 16.5. The monoisotopic (exact) mass is 473 g/mol. The molecule has 0 saturated carbocycles. The third kappa shape index (κ3) is 4.37. The fourth-order valence-corrected chi connectivity index (χ4v) is 4.59. The predicted octanol–water partition coefficient (Wildman–Crippen LogP) is 2.17. The van der Waals surface area contributed by atoms with Crippen LogP contribution in [0.25, 0.3) is 11.1 Å². The van der Waals surface area contributed by atoms with E-state index in [1.807, 2.05) is 36.4 Å². The molecule has 3 aromatic rings. The van der Waals surface area contributed by atoms with E-state index in [0.29, 0.717) is 5.82 Å². The SMILES string of the molecule is O=C(NC/C=C/C(=O)N1Cc2nncn2CC1C(=O)O)OCC1c2ccccc2-c2ccccc21. The van der Waals surface area contributed by atoms with E-state index in [2.05, 4.69) is 27.6 Å². The summed E-state index contributed by atoms with van der Waals surface area (Å²) in [7, 11) is 0. The molecular formula is C25H23N5O5. The van der Waals surface area contributed by atoms with E-state index in [0.717, 1.165) is 22.3 Å². The second-order valence-electron chi connectivity index (χ2n) is 8.33. The van der Waals surface area contributed by atoms with Crippen LogP contribution in [-0.2, 0) is 27.4 Å². The molecule has 0 spiro atoms. The van der Waals surface area contributed by atoms with Crippen LogP contribution >= 0.6 is 0 Å². The summed E-state index contributed by atoms with van der Waals surface area (Å²) in [6.45, 7) is 0.372. The summed E-state index contributed by atoms with van der Waals surface area (Å²) in [4.78, 5) is 37.7. The normalized spacial score (nSPS) is 16.5. The lowest BCUT2D eigenvalue weighted by Gasteiger charge is -2.32. The molecular weight excluding hydrogens is 450 g/mol. The molecule has 0 saturated heterocycles. The van der Waals surface area contributed by atoms with Gasteiger partial charge in [-0.25, -0.2) is 9.59 Å². The molecule has 2 aliphatic rings. The zero-order valence-corrected chi connectivity index (χ0v) is 18.7. The third-order valence-electron chi connectivity index (χ3n) is 6.29. The van der Waals surface area contributed by atoms with Gasteiger partial charge in [-0.15, -0.1) is 10.2 Å². The molecule has 2 aromatic carbocycles. The Bertz CT molecular complexity index is 1270. The van der Waals surface area contributed by atoms with Crippen molar-refractivity contribution in [1.82, 2.24) is 25.0 Å². The molecule has 0 radical (unpaired) electrons. The second kappa shape index (κ2) is 9.41. The second-order valence-corrected chi connectivity index (χ2v) is 8.33. The molecule has 2 amide bonds. The van der Waals surface area contributed by atoms with Gasteiger partial charge in [-0.05, 0) is 22.3 Å². The first-order chi connectivity index (χ1) is 17.0. The topological polar surface area (TPSA) is 127 Å². The number of carbonyl (C=O) groups excluding carboxylic acids is 2. The minimum absolute atomic E-state index is 0.0416. The van der Waals surface area contributed by atoms with Gasteiger partial charge in [0.05, 0.1) is 13.1 Å². The van der Waals surface area contributed by atoms with Crippen LogP contribution in [0.1, 0.15) is 22.9 Å². The van der Waals surface area contributed by atoms with Gasteiger partial charge in [0, 0.05) is 18.5 Å². The maximum Gasteiger partial charge on any atom is 0.407 e. The van der Waals surface area contributed by atoms with E-state index in [1.165, 1.54) is 23.4 Å². The van der Waals surface area contributed by atoms with Crippen LogP contribution in [0.15, 0.2) is 67.0 Å². The molecule has 178 valence electrons. The number of amides is 2. The number of hydrogen-bond acceptors (Lipinski definition) is 6. The summed E-state index contributed by atoms with van der Waals surface area (Å²) in [6, 6.07) is 15.1. The van der Waals surface area contributed by atoms with Crippen LogP contribution in [0.4, 0.5) is 4.79 Å². The van der Waals surface area contributed by atoms with E-state index in [-0.39, 0.29) is 32.2 Å². The average molecular weight is 473 g/mol. The summed E-state index contributed by atoms with van der Waals surface area (Å²) >= 11 is 0. The largest absolute Gasteiger partial charge is 0.480 e. The quantitative estimate of drug-likeness (QED) is 0.526. The maximum atomic E-state index is 12.6. The fraction of sp³-hybridized carbons (Fsp3) is 0.240. The molecule has 1 aromatic heterocycles. The average Bonchev–Trinajstić information content (AvgIpc) is 3.46. The highest BCUT2D eigenvalue weighted by Crippen LogP contribution is 2.44. The Labute approximate surface area is 200 Å². The molecule has 0 bridgehead atoms. The van der Waals surface area contributed by atoms with Gasteiger partial charge < -0.3 is 24.6 Å².